The zero-order valence-corrected chi connectivity index (χ0v) is 19.2. The average molecular weight is 459 g/mol. The van der Waals surface area contributed by atoms with Crippen molar-refractivity contribution in [2.24, 2.45) is 0 Å². The van der Waals surface area contributed by atoms with Gasteiger partial charge in [-0.05, 0) is 36.5 Å². The summed E-state index contributed by atoms with van der Waals surface area (Å²) < 4.78 is 4.73. The number of nitrogens with zero attached hydrogens (tertiary/aromatic N) is 4. The Bertz CT molecular complexity index is 1230. The molecule has 0 radical (unpaired) electrons. The Labute approximate surface area is 197 Å². The maximum Gasteiger partial charge on any atom is 0.241 e. The van der Waals surface area contributed by atoms with Crippen LogP contribution in [0.4, 0.5) is 0 Å². The van der Waals surface area contributed by atoms with E-state index in [2.05, 4.69) is 10.3 Å². The molecule has 2 aromatic carbocycles. The van der Waals surface area contributed by atoms with Crippen molar-refractivity contribution >= 4 is 17.7 Å². The minimum atomic E-state index is -1.21. The van der Waals surface area contributed by atoms with Crippen LogP contribution in [0.2, 0.25) is 0 Å². The molecule has 1 unspecified atom stereocenters. The highest BCUT2D eigenvalue weighted by Crippen LogP contribution is 2.44. The van der Waals surface area contributed by atoms with Crippen LogP contribution in [0, 0.1) is 6.92 Å². The summed E-state index contributed by atoms with van der Waals surface area (Å²) in [5.41, 5.74) is 2.71. The lowest BCUT2D eigenvalue weighted by molar-refractivity contribution is -0.143. The number of hydrogen-bond donors (Lipinski definition) is 0. The average Bonchev–Trinajstić information content (AvgIpc) is 3.54. The summed E-state index contributed by atoms with van der Waals surface area (Å²) in [5.74, 6) is -0.714. The molecule has 1 atom stereocenters. The quantitative estimate of drug-likeness (QED) is 0.504. The highest BCUT2D eigenvalue weighted by Gasteiger charge is 2.57. The molecule has 5 rings (SSSR count). The smallest absolute Gasteiger partial charge is 0.241 e. The number of likely N-dealkylation sites (tertiary alicyclic amines) is 1. The van der Waals surface area contributed by atoms with Crippen LogP contribution in [0.25, 0.3) is 11.1 Å². The molecule has 2 heterocycles. The standard InChI is InChI=1S/C26H26N4O4/c1-17-22(28-34-27-17)16-29(2)23(31)14-26(15-24(32)30(25(26)33)21-12-13-21)20-10-8-19(9-11-20)18-6-4-3-5-7-18/h3-11,21H,12-16H2,1-2H3. The molecule has 1 aliphatic carbocycles. The van der Waals surface area contributed by atoms with Crippen molar-refractivity contribution in [3.05, 3.63) is 71.5 Å². The summed E-state index contributed by atoms with van der Waals surface area (Å²) in [6, 6.07) is 17.5. The van der Waals surface area contributed by atoms with Crippen molar-refractivity contribution in [2.45, 2.75) is 50.6 Å². The number of aromatic nitrogens is 2. The molecular formula is C26H26N4O4. The van der Waals surface area contributed by atoms with Crippen molar-refractivity contribution < 1.29 is 19.0 Å². The predicted molar refractivity (Wildman–Crippen MR) is 123 cm³/mol. The van der Waals surface area contributed by atoms with Crippen LogP contribution in [-0.2, 0) is 26.3 Å². The van der Waals surface area contributed by atoms with Crippen LogP contribution >= 0.6 is 0 Å². The highest BCUT2D eigenvalue weighted by molar-refractivity contribution is 6.11. The summed E-state index contributed by atoms with van der Waals surface area (Å²) in [6.07, 6.45) is 1.56. The Morgan fingerprint density at radius 2 is 1.74 bits per heavy atom. The van der Waals surface area contributed by atoms with E-state index in [0.29, 0.717) is 17.0 Å². The van der Waals surface area contributed by atoms with Crippen LogP contribution in [0.15, 0.2) is 59.2 Å². The lowest BCUT2D eigenvalue weighted by atomic mass is 9.75. The second-order valence-electron chi connectivity index (χ2n) is 9.23. The van der Waals surface area contributed by atoms with Crippen molar-refractivity contribution in [1.29, 1.82) is 0 Å². The second-order valence-corrected chi connectivity index (χ2v) is 9.23. The fraction of sp³-hybridized carbons (Fsp3) is 0.346. The van der Waals surface area contributed by atoms with Crippen LogP contribution < -0.4 is 0 Å². The van der Waals surface area contributed by atoms with Crippen LogP contribution in [0.3, 0.4) is 0 Å². The van der Waals surface area contributed by atoms with Gasteiger partial charge in [-0.3, -0.25) is 19.3 Å². The molecule has 0 N–H and O–H groups in total. The van der Waals surface area contributed by atoms with Crippen LogP contribution in [-0.4, -0.2) is 50.9 Å². The summed E-state index contributed by atoms with van der Waals surface area (Å²) in [4.78, 5) is 42.9. The van der Waals surface area contributed by atoms with Crippen LogP contribution in [0.1, 0.15) is 42.6 Å². The van der Waals surface area contributed by atoms with E-state index in [9.17, 15) is 14.4 Å². The molecule has 1 saturated carbocycles. The van der Waals surface area contributed by atoms with Gasteiger partial charge < -0.3 is 4.90 Å². The van der Waals surface area contributed by atoms with E-state index in [-0.39, 0.29) is 43.1 Å². The molecule has 1 saturated heterocycles. The summed E-state index contributed by atoms with van der Waals surface area (Å²) in [7, 11) is 1.66. The monoisotopic (exact) mass is 458 g/mol. The number of carbonyl (C=O) groups excluding carboxylic acids is 3. The number of imide groups is 1. The minimum absolute atomic E-state index is 0.00284. The number of aryl methyl sites for hydroxylation is 1. The molecule has 0 spiro atoms. The fourth-order valence-electron chi connectivity index (χ4n) is 4.64. The van der Waals surface area contributed by atoms with Crippen LogP contribution in [0.5, 0.6) is 0 Å². The Balaban J connectivity index is 1.46. The Morgan fingerprint density at radius 3 is 2.35 bits per heavy atom. The van der Waals surface area contributed by atoms with E-state index in [1.54, 1.807) is 14.0 Å². The molecule has 8 nitrogen and oxygen atoms in total. The molecule has 2 fully saturated rings. The Kier molecular flexibility index (Phi) is 5.51. The maximum atomic E-state index is 13.7. The second kappa shape index (κ2) is 8.52. The third-order valence-electron chi connectivity index (χ3n) is 6.82. The fourth-order valence-corrected chi connectivity index (χ4v) is 4.64. The third-order valence-corrected chi connectivity index (χ3v) is 6.82. The molecular weight excluding hydrogens is 432 g/mol. The van der Waals surface area contributed by atoms with Gasteiger partial charge in [0.2, 0.25) is 17.7 Å². The first-order valence-electron chi connectivity index (χ1n) is 11.4. The summed E-state index contributed by atoms with van der Waals surface area (Å²) >= 11 is 0. The Morgan fingerprint density at radius 1 is 1.06 bits per heavy atom. The minimum Gasteiger partial charge on any atom is -0.340 e. The third kappa shape index (κ3) is 3.89. The van der Waals surface area contributed by atoms with E-state index in [4.69, 9.17) is 4.63 Å². The molecule has 1 aliphatic heterocycles. The van der Waals surface area contributed by atoms with Gasteiger partial charge in [0, 0.05) is 25.9 Å². The molecule has 2 aliphatic rings. The number of hydrogen-bond acceptors (Lipinski definition) is 6. The zero-order valence-electron chi connectivity index (χ0n) is 19.2. The van der Waals surface area contributed by atoms with Crippen molar-refractivity contribution in [2.75, 3.05) is 7.05 Å². The molecule has 0 bridgehead atoms. The van der Waals surface area contributed by atoms with Gasteiger partial charge in [0.15, 0.2) is 0 Å². The topological polar surface area (TPSA) is 96.6 Å². The molecule has 174 valence electrons. The normalized spacial score (nSPS) is 20.1. The van der Waals surface area contributed by atoms with Gasteiger partial charge >= 0.3 is 0 Å². The van der Waals surface area contributed by atoms with E-state index >= 15 is 0 Å². The van der Waals surface area contributed by atoms with Gasteiger partial charge in [0.1, 0.15) is 11.4 Å². The number of benzene rings is 2. The summed E-state index contributed by atoms with van der Waals surface area (Å²) in [5, 5.41) is 7.60. The van der Waals surface area contributed by atoms with Gasteiger partial charge in [-0.15, -0.1) is 0 Å². The zero-order chi connectivity index (χ0) is 23.9. The molecule has 3 amide bonds. The van der Waals surface area contributed by atoms with Gasteiger partial charge in [0.25, 0.3) is 0 Å². The molecule has 34 heavy (non-hydrogen) atoms. The van der Waals surface area contributed by atoms with E-state index in [0.717, 1.165) is 24.0 Å². The van der Waals surface area contributed by atoms with E-state index < -0.39 is 5.41 Å². The molecule has 8 heteroatoms. The van der Waals surface area contributed by atoms with Gasteiger partial charge in [0.05, 0.1) is 12.0 Å². The van der Waals surface area contributed by atoms with Gasteiger partial charge in [-0.2, -0.15) is 0 Å². The van der Waals surface area contributed by atoms with Crippen molar-refractivity contribution in [3.8, 4) is 11.1 Å². The Hall–Kier alpha value is -3.81. The largest absolute Gasteiger partial charge is 0.340 e. The van der Waals surface area contributed by atoms with Gasteiger partial charge in [-0.25, -0.2) is 4.63 Å². The maximum absolute atomic E-state index is 13.7. The SMILES string of the molecule is Cc1nonc1CN(C)C(=O)CC1(c2ccc(-c3ccccc3)cc2)CC(=O)N(C2CC2)C1=O. The number of carbonyl (C=O) groups is 3. The highest BCUT2D eigenvalue weighted by atomic mass is 16.6. The first-order chi connectivity index (χ1) is 16.4. The number of rotatable bonds is 7. The molecule has 1 aromatic heterocycles. The summed E-state index contributed by atoms with van der Waals surface area (Å²) in [6.45, 7) is 1.97. The predicted octanol–water partition coefficient (Wildman–Crippen LogP) is 3.25. The van der Waals surface area contributed by atoms with E-state index in [1.165, 1.54) is 9.80 Å². The molecule has 3 aromatic rings. The number of amides is 3. The lowest BCUT2D eigenvalue weighted by Gasteiger charge is -2.29. The van der Waals surface area contributed by atoms with E-state index in [1.807, 2.05) is 54.6 Å². The first kappa shape index (κ1) is 22.0. The van der Waals surface area contributed by atoms with Crippen molar-refractivity contribution in [1.82, 2.24) is 20.1 Å². The lowest BCUT2D eigenvalue weighted by Crippen LogP contribution is -2.43. The van der Waals surface area contributed by atoms with Gasteiger partial charge in [-0.1, -0.05) is 64.9 Å². The van der Waals surface area contributed by atoms with Crippen molar-refractivity contribution in [3.63, 3.8) is 0 Å². The first-order valence-corrected chi connectivity index (χ1v) is 11.4.